The Balaban J connectivity index is 1.46. The van der Waals surface area contributed by atoms with Gasteiger partial charge in [0.25, 0.3) is 0 Å². The van der Waals surface area contributed by atoms with Gasteiger partial charge < -0.3 is 14.4 Å². The van der Waals surface area contributed by atoms with Crippen LogP contribution < -0.4 is 0 Å². The zero-order valence-electron chi connectivity index (χ0n) is 15.7. The standard InChI is InChI=1S/C20H30N2O3/c1-15(2)4-5-19(23)22-13-20(14-22)10-18(7-9-25-20)24-12-17-11-21-8-6-16(17)3/h6,8,11,15,18H,4-5,7,9-10,12-14H2,1-3H3. The Hall–Kier alpha value is -1.46. The maximum atomic E-state index is 12.2. The molecule has 3 heterocycles. The molecule has 5 nitrogen and oxygen atoms in total. The first-order chi connectivity index (χ1) is 12.0. The van der Waals surface area contributed by atoms with Gasteiger partial charge in [-0.05, 0) is 42.9 Å². The van der Waals surface area contributed by atoms with E-state index in [-0.39, 0.29) is 17.6 Å². The number of carbonyl (C=O) groups excluding carboxylic acids is 1. The molecule has 0 radical (unpaired) electrons. The molecule has 1 atom stereocenters. The highest BCUT2D eigenvalue weighted by atomic mass is 16.5. The van der Waals surface area contributed by atoms with Crippen LogP contribution in [0.2, 0.25) is 0 Å². The molecule has 2 aliphatic heterocycles. The smallest absolute Gasteiger partial charge is 0.222 e. The minimum absolute atomic E-state index is 0.180. The lowest BCUT2D eigenvalue weighted by Crippen LogP contribution is -2.67. The Kier molecular flexibility index (Phi) is 5.74. The first kappa shape index (κ1) is 18.3. The Labute approximate surface area is 150 Å². The predicted molar refractivity (Wildman–Crippen MR) is 96.1 cm³/mol. The molecule has 0 saturated carbocycles. The number of pyridine rings is 1. The lowest BCUT2D eigenvalue weighted by atomic mass is 9.84. The van der Waals surface area contributed by atoms with Gasteiger partial charge in [0.05, 0.1) is 25.8 Å². The number of carbonyl (C=O) groups is 1. The molecule has 1 aromatic rings. The van der Waals surface area contributed by atoms with Gasteiger partial charge in [-0.3, -0.25) is 9.78 Å². The monoisotopic (exact) mass is 346 g/mol. The summed E-state index contributed by atoms with van der Waals surface area (Å²) in [6.45, 7) is 9.13. The van der Waals surface area contributed by atoms with Crippen molar-refractivity contribution in [1.82, 2.24) is 9.88 Å². The summed E-state index contributed by atoms with van der Waals surface area (Å²) >= 11 is 0. The molecular weight excluding hydrogens is 316 g/mol. The van der Waals surface area contributed by atoms with Crippen LogP contribution in [0.4, 0.5) is 0 Å². The Morgan fingerprint density at radius 3 is 3.00 bits per heavy atom. The van der Waals surface area contributed by atoms with Crippen molar-refractivity contribution in [3.8, 4) is 0 Å². The molecule has 25 heavy (non-hydrogen) atoms. The molecule has 1 aromatic heterocycles. The van der Waals surface area contributed by atoms with Crippen molar-refractivity contribution >= 4 is 5.91 Å². The third-order valence-corrected chi connectivity index (χ3v) is 5.32. The van der Waals surface area contributed by atoms with Crippen molar-refractivity contribution in [3.05, 3.63) is 29.6 Å². The van der Waals surface area contributed by atoms with Crippen molar-refractivity contribution in [2.24, 2.45) is 5.92 Å². The minimum atomic E-state index is -0.180. The zero-order valence-corrected chi connectivity index (χ0v) is 15.7. The highest BCUT2D eigenvalue weighted by molar-refractivity contribution is 5.77. The number of rotatable bonds is 6. The van der Waals surface area contributed by atoms with Gasteiger partial charge in [-0.15, -0.1) is 0 Å². The average Bonchev–Trinajstić information content (AvgIpc) is 2.57. The molecular formula is C20H30N2O3. The summed E-state index contributed by atoms with van der Waals surface area (Å²) in [5.74, 6) is 0.829. The van der Waals surface area contributed by atoms with Crippen LogP contribution >= 0.6 is 0 Å². The third kappa shape index (κ3) is 4.59. The van der Waals surface area contributed by atoms with Crippen LogP contribution in [-0.2, 0) is 20.9 Å². The second-order valence-electron chi connectivity index (χ2n) is 7.94. The van der Waals surface area contributed by atoms with Gasteiger partial charge >= 0.3 is 0 Å². The number of aromatic nitrogens is 1. The van der Waals surface area contributed by atoms with Crippen molar-refractivity contribution in [2.75, 3.05) is 19.7 Å². The third-order valence-electron chi connectivity index (χ3n) is 5.32. The van der Waals surface area contributed by atoms with Crippen LogP contribution in [0.5, 0.6) is 0 Å². The van der Waals surface area contributed by atoms with Crippen LogP contribution in [0.25, 0.3) is 0 Å². The molecule has 0 aliphatic carbocycles. The lowest BCUT2D eigenvalue weighted by Gasteiger charge is -2.53. The summed E-state index contributed by atoms with van der Waals surface area (Å²) in [6.07, 6.45) is 7.28. The zero-order chi connectivity index (χ0) is 17.9. The topological polar surface area (TPSA) is 51.7 Å². The van der Waals surface area contributed by atoms with Gasteiger partial charge in [0, 0.05) is 31.8 Å². The summed E-state index contributed by atoms with van der Waals surface area (Å²) in [4.78, 5) is 18.3. The summed E-state index contributed by atoms with van der Waals surface area (Å²) in [6, 6.07) is 2.01. The van der Waals surface area contributed by atoms with E-state index in [9.17, 15) is 4.79 Å². The van der Waals surface area contributed by atoms with Crippen LogP contribution in [0.3, 0.4) is 0 Å². The molecule has 138 valence electrons. The number of likely N-dealkylation sites (tertiary alicyclic amines) is 1. The number of nitrogens with zero attached hydrogens (tertiary/aromatic N) is 2. The summed E-state index contributed by atoms with van der Waals surface area (Å²) in [7, 11) is 0. The molecule has 1 amide bonds. The normalized spacial score (nSPS) is 22.2. The molecule has 3 rings (SSSR count). The summed E-state index contributed by atoms with van der Waals surface area (Å²) < 4.78 is 12.2. The second kappa shape index (κ2) is 7.83. The van der Waals surface area contributed by atoms with Crippen LogP contribution in [-0.4, -0.2) is 47.2 Å². The molecule has 2 fully saturated rings. The van der Waals surface area contributed by atoms with Crippen molar-refractivity contribution in [1.29, 1.82) is 0 Å². The van der Waals surface area contributed by atoms with E-state index in [0.717, 1.165) is 37.9 Å². The van der Waals surface area contributed by atoms with Gasteiger partial charge in [-0.1, -0.05) is 13.8 Å². The SMILES string of the molecule is Cc1ccncc1COC1CCOC2(C1)CN(C(=O)CCC(C)C)C2. The Morgan fingerprint density at radius 2 is 2.28 bits per heavy atom. The Bertz CT molecular complexity index is 596. The molecule has 0 N–H and O–H groups in total. The first-order valence-electron chi connectivity index (χ1n) is 9.40. The molecule has 1 spiro atoms. The van der Waals surface area contributed by atoms with Crippen LogP contribution in [0.1, 0.15) is 50.7 Å². The fourth-order valence-electron chi connectivity index (χ4n) is 3.60. The van der Waals surface area contributed by atoms with Gasteiger partial charge in [0.15, 0.2) is 0 Å². The summed E-state index contributed by atoms with van der Waals surface area (Å²) in [5, 5.41) is 0. The largest absolute Gasteiger partial charge is 0.373 e. The van der Waals surface area contributed by atoms with E-state index < -0.39 is 0 Å². The average molecular weight is 346 g/mol. The maximum absolute atomic E-state index is 12.2. The highest BCUT2D eigenvalue weighted by Gasteiger charge is 2.49. The number of amides is 1. The lowest BCUT2D eigenvalue weighted by molar-refractivity contribution is -0.202. The fraction of sp³-hybridized carbons (Fsp3) is 0.700. The van der Waals surface area contributed by atoms with Crippen molar-refractivity contribution < 1.29 is 14.3 Å². The molecule has 2 aliphatic rings. The molecule has 2 saturated heterocycles. The van der Waals surface area contributed by atoms with E-state index in [0.29, 0.717) is 25.6 Å². The minimum Gasteiger partial charge on any atom is -0.373 e. The Morgan fingerprint density at radius 1 is 1.48 bits per heavy atom. The van der Waals surface area contributed by atoms with E-state index >= 15 is 0 Å². The molecule has 0 bridgehead atoms. The van der Waals surface area contributed by atoms with Crippen LogP contribution in [0, 0.1) is 12.8 Å². The maximum Gasteiger partial charge on any atom is 0.222 e. The number of hydrogen-bond donors (Lipinski definition) is 0. The predicted octanol–water partition coefficient (Wildman–Crippen LogP) is 3.10. The van der Waals surface area contributed by atoms with Gasteiger partial charge in [-0.2, -0.15) is 0 Å². The van der Waals surface area contributed by atoms with Crippen molar-refractivity contribution in [2.45, 2.75) is 64.8 Å². The van der Waals surface area contributed by atoms with Crippen LogP contribution in [0.15, 0.2) is 18.5 Å². The summed E-state index contributed by atoms with van der Waals surface area (Å²) in [5.41, 5.74) is 2.17. The first-order valence-corrected chi connectivity index (χ1v) is 9.40. The van der Waals surface area contributed by atoms with E-state index in [4.69, 9.17) is 9.47 Å². The highest BCUT2D eigenvalue weighted by Crippen LogP contribution is 2.36. The second-order valence-corrected chi connectivity index (χ2v) is 7.94. The van der Waals surface area contributed by atoms with E-state index in [1.165, 1.54) is 5.56 Å². The molecule has 1 unspecified atom stereocenters. The van der Waals surface area contributed by atoms with E-state index in [2.05, 4.69) is 25.8 Å². The van der Waals surface area contributed by atoms with E-state index in [1.54, 1.807) is 0 Å². The van der Waals surface area contributed by atoms with E-state index in [1.807, 2.05) is 23.4 Å². The fourth-order valence-corrected chi connectivity index (χ4v) is 3.60. The quantitative estimate of drug-likeness (QED) is 0.794. The van der Waals surface area contributed by atoms with Gasteiger partial charge in [0.2, 0.25) is 5.91 Å². The number of aryl methyl sites for hydroxylation is 1. The number of hydrogen-bond acceptors (Lipinski definition) is 4. The van der Waals surface area contributed by atoms with Crippen molar-refractivity contribution in [3.63, 3.8) is 0 Å². The molecule has 0 aromatic carbocycles. The van der Waals surface area contributed by atoms with Gasteiger partial charge in [-0.25, -0.2) is 0 Å². The molecule has 5 heteroatoms. The van der Waals surface area contributed by atoms with Gasteiger partial charge in [0.1, 0.15) is 5.60 Å². The number of ether oxygens (including phenoxy) is 2.